The van der Waals surface area contributed by atoms with E-state index in [4.69, 9.17) is 5.11 Å². The van der Waals surface area contributed by atoms with Crippen LogP contribution in [0, 0.1) is 0 Å². The van der Waals surface area contributed by atoms with E-state index in [0.717, 1.165) is 12.8 Å². The van der Waals surface area contributed by atoms with Crippen LogP contribution < -0.4 is 0 Å². The Bertz CT molecular complexity index is 524. The van der Waals surface area contributed by atoms with Crippen molar-refractivity contribution >= 4 is 5.97 Å². The number of carboxylic acid groups (broad SMARTS) is 1. The van der Waals surface area contributed by atoms with Crippen LogP contribution in [0.5, 0.6) is 0 Å². The third-order valence-corrected chi connectivity index (χ3v) is 3.29. The number of aliphatic hydroxyl groups is 2. The van der Waals surface area contributed by atoms with Crippen molar-refractivity contribution in [2.24, 2.45) is 0 Å². The van der Waals surface area contributed by atoms with Crippen LogP contribution in [0.15, 0.2) is 72.9 Å². The second kappa shape index (κ2) is 17.6. The van der Waals surface area contributed by atoms with Gasteiger partial charge in [-0.15, -0.1) is 0 Å². The summed E-state index contributed by atoms with van der Waals surface area (Å²) >= 11 is 0. The van der Waals surface area contributed by atoms with Gasteiger partial charge in [-0.05, 0) is 32.1 Å². The Kier molecular flexibility index (Phi) is 16.2. The van der Waals surface area contributed by atoms with Gasteiger partial charge in [0.2, 0.25) is 0 Å². The summed E-state index contributed by atoms with van der Waals surface area (Å²) in [6, 6.07) is 0. The maximum atomic E-state index is 10.3. The summed E-state index contributed by atoms with van der Waals surface area (Å²) in [6.45, 7) is 2.06. The molecule has 0 radical (unpaired) electrons. The highest BCUT2D eigenvalue weighted by atomic mass is 16.4. The summed E-state index contributed by atoms with van der Waals surface area (Å²) in [5.41, 5.74) is 0. The van der Waals surface area contributed by atoms with Crippen molar-refractivity contribution in [3.8, 4) is 0 Å². The molecule has 0 aliphatic heterocycles. The summed E-state index contributed by atoms with van der Waals surface area (Å²) in [5, 5.41) is 28.0. The van der Waals surface area contributed by atoms with E-state index in [1.54, 1.807) is 24.3 Å². The first-order valence-corrected chi connectivity index (χ1v) is 9.10. The lowest BCUT2D eigenvalue weighted by Crippen LogP contribution is -1.98. The minimum Gasteiger partial charge on any atom is -0.481 e. The van der Waals surface area contributed by atoms with Gasteiger partial charge in [0.1, 0.15) is 0 Å². The first-order valence-electron chi connectivity index (χ1n) is 9.10. The topological polar surface area (TPSA) is 77.8 Å². The van der Waals surface area contributed by atoms with E-state index < -0.39 is 18.2 Å². The molecule has 0 spiro atoms. The molecule has 4 heteroatoms. The fourth-order valence-electron chi connectivity index (χ4n) is 1.90. The minimum atomic E-state index is -0.787. The van der Waals surface area contributed by atoms with E-state index >= 15 is 0 Å². The lowest BCUT2D eigenvalue weighted by Gasteiger charge is -1.99. The van der Waals surface area contributed by atoms with E-state index in [1.807, 2.05) is 48.6 Å². The van der Waals surface area contributed by atoms with Gasteiger partial charge in [-0.3, -0.25) is 4.79 Å². The molecule has 0 unspecified atom stereocenters. The average Bonchev–Trinajstić information content (AvgIpc) is 2.60. The Hall–Kier alpha value is -2.17. The molecule has 0 saturated carbocycles. The number of hydrogen-bond donors (Lipinski definition) is 3. The van der Waals surface area contributed by atoms with E-state index in [-0.39, 0.29) is 6.42 Å². The quantitative estimate of drug-likeness (QED) is 0.315. The minimum absolute atomic E-state index is 0.154. The molecule has 0 aromatic carbocycles. The van der Waals surface area contributed by atoms with Gasteiger partial charge < -0.3 is 15.3 Å². The van der Waals surface area contributed by atoms with Crippen LogP contribution in [0.25, 0.3) is 0 Å². The van der Waals surface area contributed by atoms with Crippen LogP contribution in [-0.4, -0.2) is 33.5 Å². The molecule has 0 aromatic rings. The smallest absolute Gasteiger partial charge is 0.303 e. The van der Waals surface area contributed by atoms with Crippen LogP contribution in [0.4, 0.5) is 0 Å². The average molecular weight is 360 g/mol. The van der Waals surface area contributed by atoms with Gasteiger partial charge in [-0.2, -0.15) is 0 Å². The number of rotatable bonds is 14. The second-order valence-corrected chi connectivity index (χ2v) is 5.75. The molecule has 0 aliphatic rings. The van der Waals surface area contributed by atoms with Crippen LogP contribution in [0.1, 0.15) is 45.4 Å². The van der Waals surface area contributed by atoms with E-state index in [1.165, 1.54) is 0 Å². The van der Waals surface area contributed by atoms with Gasteiger partial charge in [-0.25, -0.2) is 0 Å². The predicted octanol–water partition coefficient (Wildman–Crippen LogP) is 4.49. The third kappa shape index (κ3) is 18.2. The lowest BCUT2D eigenvalue weighted by molar-refractivity contribution is -0.136. The summed E-state index contributed by atoms with van der Waals surface area (Å²) in [4.78, 5) is 10.3. The van der Waals surface area contributed by atoms with Gasteiger partial charge in [0.05, 0.1) is 12.2 Å². The van der Waals surface area contributed by atoms with Crippen molar-refractivity contribution in [3.05, 3.63) is 72.9 Å². The molecule has 2 atom stereocenters. The van der Waals surface area contributed by atoms with Crippen LogP contribution in [0.3, 0.4) is 0 Å². The predicted molar refractivity (Wildman–Crippen MR) is 108 cm³/mol. The largest absolute Gasteiger partial charge is 0.481 e. The molecule has 0 amide bonds. The molecular weight excluding hydrogens is 328 g/mol. The molecule has 0 rings (SSSR count). The normalized spacial score (nSPS) is 15.5. The second-order valence-electron chi connectivity index (χ2n) is 5.75. The number of allylic oxidation sites excluding steroid dienone is 8. The molecule has 144 valence electrons. The maximum Gasteiger partial charge on any atom is 0.303 e. The molecular formula is C22H32O4. The number of aliphatic hydroxyl groups excluding tert-OH is 2. The molecule has 26 heavy (non-hydrogen) atoms. The van der Waals surface area contributed by atoms with Gasteiger partial charge >= 0.3 is 5.97 Å². The number of carboxylic acids is 1. The summed E-state index contributed by atoms with van der Waals surface area (Å²) < 4.78 is 0. The molecule has 3 N–H and O–H groups in total. The number of aliphatic carboxylic acids is 1. The zero-order chi connectivity index (χ0) is 19.5. The number of carbonyl (C=O) groups is 1. The zero-order valence-corrected chi connectivity index (χ0v) is 15.6. The van der Waals surface area contributed by atoms with Crippen molar-refractivity contribution in [1.82, 2.24) is 0 Å². The fraction of sp³-hybridized carbons (Fsp3) is 0.409. The molecule has 0 fully saturated rings. The first kappa shape index (κ1) is 23.8. The van der Waals surface area contributed by atoms with E-state index in [2.05, 4.69) is 6.92 Å². The van der Waals surface area contributed by atoms with Crippen molar-refractivity contribution in [2.75, 3.05) is 0 Å². The molecule has 0 aliphatic carbocycles. The summed E-state index contributed by atoms with van der Waals surface area (Å²) in [5.74, 6) is -0.787. The highest BCUT2D eigenvalue weighted by Crippen LogP contribution is 2.00. The fourth-order valence-corrected chi connectivity index (χ4v) is 1.90. The monoisotopic (exact) mass is 360 g/mol. The maximum absolute atomic E-state index is 10.3. The molecule has 0 bridgehead atoms. The number of hydrogen-bond acceptors (Lipinski definition) is 3. The Morgan fingerprint density at radius 2 is 1.35 bits per heavy atom. The molecule has 4 nitrogen and oxygen atoms in total. The Morgan fingerprint density at radius 1 is 0.808 bits per heavy atom. The third-order valence-electron chi connectivity index (χ3n) is 3.29. The van der Waals surface area contributed by atoms with Gasteiger partial charge in [0.25, 0.3) is 0 Å². The molecule has 0 aromatic heterocycles. The Labute approximate surface area is 157 Å². The van der Waals surface area contributed by atoms with Crippen molar-refractivity contribution < 1.29 is 20.1 Å². The summed E-state index contributed by atoms with van der Waals surface area (Å²) in [7, 11) is 0. The van der Waals surface area contributed by atoms with Gasteiger partial charge in [0.15, 0.2) is 0 Å². The standard InChI is InChI=1S/C22H32O4/c1-2-3-10-15-20(23)17-12-8-9-13-18-21(24)16-11-6-4-5-7-14-19-22(25)26/h3,5-13,17-18,20-21,23-24H,2,4,14-16,19H2,1H3,(H,25,26)/b7-5+,9-8+,10-3+,11-6+,17-12+,18-13?/t20-,21-/m0/s1. The van der Waals surface area contributed by atoms with Crippen LogP contribution in [0.2, 0.25) is 0 Å². The molecule has 0 saturated heterocycles. The zero-order valence-electron chi connectivity index (χ0n) is 15.6. The van der Waals surface area contributed by atoms with E-state index in [0.29, 0.717) is 19.3 Å². The lowest BCUT2D eigenvalue weighted by atomic mass is 10.2. The highest BCUT2D eigenvalue weighted by Gasteiger charge is 1.94. The van der Waals surface area contributed by atoms with Crippen molar-refractivity contribution in [1.29, 1.82) is 0 Å². The van der Waals surface area contributed by atoms with Crippen LogP contribution in [-0.2, 0) is 4.79 Å². The van der Waals surface area contributed by atoms with Gasteiger partial charge in [-0.1, -0.05) is 79.8 Å². The summed E-state index contributed by atoms with van der Waals surface area (Å²) in [6.07, 6.45) is 24.8. The van der Waals surface area contributed by atoms with E-state index in [9.17, 15) is 15.0 Å². The van der Waals surface area contributed by atoms with Crippen molar-refractivity contribution in [2.45, 2.75) is 57.7 Å². The first-order chi connectivity index (χ1) is 12.6. The van der Waals surface area contributed by atoms with Crippen LogP contribution >= 0.6 is 0 Å². The molecule has 0 heterocycles. The van der Waals surface area contributed by atoms with Gasteiger partial charge in [0, 0.05) is 6.42 Å². The Balaban J connectivity index is 3.87. The highest BCUT2D eigenvalue weighted by molar-refractivity contribution is 5.66. The Morgan fingerprint density at radius 3 is 1.88 bits per heavy atom. The van der Waals surface area contributed by atoms with Crippen molar-refractivity contribution in [3.63, 3.8) is 0 Å². The SMILES string of the molecule is CC/C=C/C[C@H](O)/C=C/C=C/C=C[C@@H](O)C/C=C/C/C=C/CCC(=O)O.